The summed E-state index contributed by atoms with van der Waals surface area (Å²) < 4.78 is 0.786. The van der Waals surface area contributed by atoms with Gasteiger partial charge in [0.05, 0.1) is 0 Å². The Morgan fingerprint density at radius 2 is 1.45 bits per heavy atom. The fourth-order valence-electron chi connectivity index (χ4n) is 4.74. The van der Waals surface area contributed by atoms with Crippen LogP contribution in [-0.2, 0) is 22.4 Å². The Labute approximate surface area is 210 Å². The van der Waals surface area contributed by atoms with Gasteiger partial charge >= 0.3 is 187 Å². The van der Waals surface area contributed by atoms with Crippen molar-refractivity contribution in [3.05, 3.63) is 89.5 Å². The Hall–Kier alpha value is -1.18. The standard InChI is InChI=1S/C25H19.C2H6Si.2ClH.Zr/c1-2-17-14-18-9-7-13-23(24(18)15-17)25-16-19-8-3-4-10-20(19)21-11-5-6-12-22(21)25;1-3-2;;;/h3-16H,2H2,1H3;1-2H3;2*1H;/q;;;;+2/p-2. The van der Waals surface area contributed by atoms with Crippen molar-refractivity contribution in [2.75, 3.05) is 0 Å². The molecule has 4 aromatic carbocycles. The predicted octanol–water partition coefficient (Wildman–Crippen LogP) is 1.85. The molecule has 0 aliphatic heterocycles. The normalized spacial score (nSPS) is 14.6. The monoisotopic (exact) mass is 537 g/mol. The molecule has 31 heavy (non-hydrogen) atoms. The minimum absolute atomic E-state index is 0. The Morgan fingerprint density at radius 1 is 0.774 bits per heavy atom. The third-order valence-electron chi connectivity index (χ3n) is 6.05. The van der Waals surface area contributed by atoms with Crippen LogP contribution in [0, 0.1) is 0 Å². The van der Waals surface area contributed by atoms with Gasteiger partial charge in [-0.05, 0) is 0 Å². The molecule has 1 aliphatic carbocycles. The molecule has 0 nitrogen and oxygen atoms in total. The van der Waals surface area contributed by atoms with Crippen molar-refractivity contribution in [2.24, 2.45) is 0 Å². The van der Waals surface area contributed by atoms with Crippen LogP contribution < -0.4 is 24.8 Å². The summed E-state index contributed by atoms with van der Waals surface area (Å²) in [6.07, 6.45) is 3.73. The largest absolute Gasteiger partial charge is 1.00 e. The zero-order valence-electron chi connectivity index (χ0n) is 18.0. The van der Waals surface area contributed by atoms with E-state index in [0.717, 1.165) is 3.63 Å². The zero-order valence-corrected chi connectivity index (χ0v) is 23.0. The molecular formula is C27H25Cl2SiZr. The average Bonchev–Trinajstić information content (AvgIpc) is 3.10. The van der Waals surface area contributed by atoms with E-state index in [1.54, 1.807) is 11.1 Å². The van der Waals surface area contributed by atoms with Crippen LogP contribution in [-0.4, -0.2) is 5.92 Å². The molecule has 0 N–H and O–H groups in total. The second kappa shape index (κ2) is 10.2. The van der Waals surface area contributed by atoms with Gasteiger partial charge in [0.15, 0.2) is 0 Å². The smallest absolute Gasteiger partial charge is 1.00 e. The Bertz CT molecular complexity index is 1260. The first-order valence-corrected chi connectivity index (χ1v) is 18.1. The first-order valence-electron chi connectivity index (χ1n) is 10.5. The van der Waals surface area contributed by atoms with Gasteiger partial charge in [-0.3, -0.25) is 0 Å². The number of hydrogen-bond acceptors (Lipinski definition) is 0. The van der Waals surface area contributed by atoms with Gasteiger partial charge in [0.2, 0.25) is 0 Å². The molecule has 4 aromatic rings. The Morgan fingerprint density at radius 3 is 2.16 bits per heavy atom. The van der Waals surface area contributed by atoms with Crippen LogP contribution in [0.25, 0.3) is 38.7 Å². The quantitative estimate of drug-likeness (QED) is 0.274. The fraction of sp³-hybridized carbons (Fsp3) is 0.185. The van der Waals surface area contributed by atoms with Crippen molar-refractivity contribution < 1.29 is 47.2 Å². The molecule has 1 unspecified atom stereocenters. The van der Waals surface area contributed by atoms with Crippen LogP contribution in [0.4, 0.5) is 0 Å². The average molecular weight is 540 g/mol. The van der Waals surface area contributed by atoms with E-state index in [9.17, 15) is 0 Å². The number of halogens is 2. The maximum atomic E-state index is 2.55. The van der Waals surface area contributed by atoms with E-state index < -0.39 is 22.4 Å². The maximum absolute atomic E-state index is 2.55. The third-order valence-corrected chi connectivity index (χ3v) is 15.0. The number of allylic oxidation sites excluding steroid dienone is 1. The summed E-state index contributed by atoms with van der Waals surface area (Å²) in [7, 11) is 0. The van der Waals surface area contributed by atoms with Gasteiger partial charge in [-0.2, -0.15) is 0 Å². The van der Waals surface area contributed by atoms with Gasteiger partial charge in [0, 0.05) is 0 Å². The topological polar surface area (TPSA) is 0 Å². The van der Waals surface area contributed by atoms with Crippen molar-refractivity contribution in [1.82, 2.24) is 0 Å². The summed E-state index contributed by atoms with van der Waals surface area (Å²) in [6, 6.07) is 27.2. The van der Waals surface area contributed by atoms with Crippen molar-refractivity contribution >= 4 is 33.5 Å². The van der Waals surface area contributed by atoms with Gasteiger partial charge in [-0.25, -0.2) is 0 Å². The molecule has 1 radical (unpaired) electrons. The van der Waals surface area contributed by atoms with E-state index in [4.69, 9.17) is 0 Å². The Kier molecular flexibility index (Phi) is 8.03. The first-order chi connectivity index (χ1) is 14.2. The van der Waals surface area contributed by atoms with Crippen molar-refractivity contribution in [3.63, 3.8) is 0 Å². The molecule has 4 heteroatoms. The summed E-state index contributed by atoms with van der Waals surface area (Å²) in [6.45, 7) is 7.37. The molecule has 1 atom stereocenters. The molecule has 0 amide bonds. The molecule has 0 spiro atoms. The van der Waals surface area contributed by atoms with Crippen LogP contribution in [0.5, 0.6) is 0 Å². The van der Waals surface area contributed by atoms with Crippen LogP contribution >= 0.6 is 0 Å². The molecule has 0 heterocycles. The molecule has 0 fully saturated rings. The fourth-order valence-corrected chi connectivity index (χ4v) is 13.8. The maximum Gasteiger partial charge on any atom is -1.00 e. The van der Waals surface area contributed by atoms with Gasteiger partial charge in [0.25, 0.3) is 0 Å². The van der Waals surface area contributed by atoms with Crippen LogP contribution in [0.1, 0.15) is 28.1 Å². The van der Waals surface area contributed by atoms with Gasteiger partial charge < -0.3 is 24.8 Å². The van der Waals surface area contributed by atoms with Gasteiger partial charge in [-0.15, -0.1) is 0 Å². The summed E-state index contributed by atoms with van der Waals surface area (Å²) in [5.74, 6) is -0.112. The van der Waals surface area contributed by atoms with Crippen LogP contribution in [0.15, 0.2) is 78.4 Å². The van der Waals surface area contributed by atoms with E-state index in [1.165, 1.54) is 44.7 Å². The number of hydrogen-bond donors (Lipinski definition) is 0. The first kappa shape index (κ1) is 24.5. The van der Waals surface area contributed by atoms with Crippen molar-refractivity contribution in [3.8, 4) is 11.1 Å². The second-order valence-electron chi connectivity index (χ2n) is 8.15. The summed E-state index contributed by atoms with van der Waals surface area (Å²) in [4.78, 5) is 0. The van der Waals surface area contributed by atoms with E-state index in [-0.39, 0.29) is 30.7 Å². The van der Waals surface area contributed by atoms with Crippen molar-refractivity contribution in [2.45, 2.75) is 30.1 Å². The van der Waals surface area contributed by atoms with E-state index in [1.807, 2.05) is 0 Å². The molecule has 0 bridgehead atoms. The number of benzene rings is 4. The second-order valence-corrected chi connectivity index (χ2v) is 21.4. The van der Waals surface area contributed by atoms with Crippen molar-refractivity contribution in [1.29, 1.82) is 0 Å². The minimum atomic E-state index is -0.398. The SMILES string of the molecule is CCC1=Cc2c(-c3cc4ccccc4c4ccccc34)cccc2[CH]1[Zr+2][Si](C)C.[Cl-].[Cl-]. The summed E-state index contributed by atoms with van der Waals surface area (Å²) in [5, 5.41) is 5.40. The minimum Gasteiger partial charge on any atom is -1.00 e. The number of rotatable bonds is 4. The molecule has 1 aliphatic rings. The van der Waals surface area contributed by atoms with E-state index >= 15 is 0 Å². The summed E-state index contributed by atoms with van der Waals surface area (Å²) in [5.41, 5.74) is 7.61. The molecule has 0 saturated carbocycles. The third kappa shape index (κ3) is 4.38. The molecule has 0 aromatic heterocycles. The molecule has 155 valence electrons. The molecule has 5 rings (SSSR count). The van der Waals surface area contributed by atoms with Crippen LogP contribution in [0.2, 0.25) is 13.1 Å². The number of fused-ring (bicyclic) bond motifs is 4. The van der Waals surface area contributed by atoms with Crippen LogP contribution in [0.3, 0.4) is 0 Å². The predicted molar refractivity (Wildman–Crippen MR) is 125 cm³/mol. The Balaban J connectivity index is 0.00000136. The summed E-state index contributed by atoms with van der Waals surface area (Å²) >= 11 is -0.398. The van der Waals surface area contributed by atoms with Gasteiger partial charge in [0.1, 0.15) is 0 Å². The van der Waals surface area contributed by atoms with E-state index in [2.05, 4.69) is 98.9 Å². The zero-order chi connectivity index (χ0) is 20.0. The molecule has 0 saturated heterocycles. The van der Waals surface area contributed by atoms with Gasteiger partial charge in [-0.1, -0.05) is 0 Å². The van der Waals surface area contributed by atoms with E-state index in [0.29, 0.717) is 0 Å². The molecular weight excluding hydrogens is 515 g/mol.